The van der Waals surface area contributed by atoms with Crippen molar-refractivity contribution in [3.05, 3.63) is 70.2 Å². The number of nitrogens with zero attached hydrogens (tertiary/aromatic N) is 6. The summed E-state index contributed by atoms with van der Waals surface area (Å²) in [5.41, 5.74) is 5.08. The van der Waals surface area contributed by atoms with Crippen molar-refractivity contribution in [2.24, 2.45) is 9.98 Å². The Kier molecular flexibility index (Phi) is 7.66. The first kappa shape index (κ1) is 27.9. The Balaban J connectivity index is 1.37. The standard InChI is InChI=1S/C30H28Cl2N8O2/c1-15-11-35-27(37-15)25-29(41-3)39-21(13-33-25)19-9-5-7-17(23(19)31)18-8-6-10-20(24(18)32)22-14-34-26(30(40-22)42-4)28-36-12-16(2)38-28/h5-10,13-16H,11-12H2,1-4H3,(H,35,37)(H,36,38)/t15-,16-/m1/s1. The van der Waals surface area contributed by atoms with Gasteiger partial charge in [-0.25, -0.2) is 19.9 Å². The lowest BCUT2D eigenvalue weighted by Crippen LogP contribution is -2.28. The summed E-state index contributed by atoms with van der Waals surface area (Å²) in [7, 11) is 3.12. The molecule has 10 nitrogen and oxygen atoms in total. The van der Waals surface area contributed by atoms with Gasteiger partial charge in [0.05, 0.1) is 61.1 Å². The molecule has 2 aromatic carbocycles. The van der Waals surface area contributed by atoms with Crippen LogP contribution in [0.15, 0.2) is 58.8 Å². The maximum Gasteiger partial charge on any atom is 0.244 e. The maximum absolute atomic E-state index is 7.01. The number of hydrogen-bond acceptors (Lipinski definition) is 10. The van der Waals surface area contributed by atoms with Gasteiger partial charge in [0.1, 0.15) is 0 Å². The van der Waals surface area contributed by atoms with Gasteiger partial charge in [-0.1, -0.05) is 59.6 Å². The number of rotatable bonds is 7. The fourth-order valence-corrected chi connectivity index (χ4v) is 5.53. The predicted octanol–water partition coefficient (Wildman–Crippen LogP) is 5.07. The molecule has 0 spiro atoms. The first-order chi connectivity index (χ1) is 20.4. The summed E-state index contributed by atoms with van der Waals surface area (Å²) in [4.78, 5) is 27.6. The van der Waals surface area contributed by atoms with Crippen molar-refractivity contribution in [1.82, 2.24) is 30.6 Å². The number of halogens is 2. The van der Waals surface area contributed by atoms with Crippen LogP contribution in [-0.4, -0.2) is 71.0 Å². The third-order valence-corrected chi connectivity index (χ3v) is 7.78. The van der Waals surface area contributed by atoms with Crippen molar-refractivity contribution < 1.29 is 9.47 Å². The fraction of sp³-hybridized carbons (Fsp3) is 0.267. The first-order valence-electron chi connectivity index (χ1n) is 13.4. The molecule has 4 heterocycles. The van der Waals surface area contributed by atoms with Crippen LogP contribution in [0.25, 0.3) is 33.6 Å². The molecule has 0 fully saturated rings. The van der Waals surface area contributed by atoms with Crippen LogP contribution >= 0.6 is 23.2 Å². The van der Waals surface area contributed by atoms with Crippen molar-refractivity contribution in [1.29, 1.82) is 0 Å². The van der Waals surface area contributed by atoms with Crippen LogP contribution in [0.5, 0.6) is 11.8 Å². The van der Waals surface area contributed by atoms with Gasteiger partial charge < -0.3 is 20.1 Å². The van der Waals surface area contributed by atoms with Gasteiger partial charge in [0.15, 0.2) is 23.1 Å². The lowest BCUT2D eigenvalue weighted by Gasteiger charge is -2.15. The Morgan fingerprint density at radius 3 is 1.43 bits per heavy atom. The molecule has 0 amide bonds. The van der Waals surface area contributed by atoms with Gasteiger partial charge in [0.2, 0.25) is 11.8 Å². The fourth-order valence-electron chi connectivity index (χ4n) is 4.88. The lowest BCUT2D eigenvalue weighted by atomic mass is 9.98. The van der Waals surface area contributed by atoms with Crippen molar-refractivity contribution in [2.75, 3.05) is 27.3 Å². The monoisotopic (exact) mass is 602 g/mol. The molecule has 0 unspecified atom stereocenters. The number of amidine groups is 2. The van der Waals surface area contributed by atoms with E-state index < -0.39 is 0 Å². The topological polar surface area (TPSA) is 119 Å². The van der Waals surface area contributed by atoms with Gasteiger partial charge in [-0.15, -0.1) is 0 Å². The molecule has 2 atom stereocenters. The molecule has 2 N–H and O–H groups in total. The average Bonchev–Trinajstić information content (AvgIpc) is 3.64. The van der Waals surface area contributed by atoms with Gasteiger partial charge in [0.25, 0.3) is 0 Å². The Morgan fingerprint density at radius 2 is 1.07 bits per heavy atom. The summed E-state index contributed by atoms with van der Waals surface area (Å²) in [6, 6.07) is 11.9. The first-order valence-corrected chi connectivity index (χ1v) is 14.2. The largest absolute Gasteiger partial charge is 0.479 e. The zero-order valence-electron chi connectivity index (χ0n) is 23.4. The molecule has 6 rings (SSSR count). The van der Waals surface area contributed by atoms with Crippen molar-refractivity contribution >= 4 is 34.9 Å². The molecule has 2 aliphatic heterocycles. The van der Waals surface area contributed by atoms with Crippen molar-refractivity contribution in [2.45, 2.75) is 25.9 Å². The number of aromatic nitrogens is 4. The number of ether oxygens (including phenoxy) is 2. The van der Waals surface area contributed by atoms with E-state index in [1.807, 2.05) is 36.4 Å². The van der Waals surface area contributed by atoms with E-state index in [9.17, 15) is 0 Å². The second kappa shape index (κ2) is 11.5. The Bertz CT molecular complexity index is 1620. The van der Waals surface area contributed by atoms with Gasteiger partial charge in [-0.05, 0) is 13.8 Å². The van der Waals surface area contributed by atoms with Crippen LogP contribution in [0.3, 0.4) is 0 Å². The van der Waals surface area contributed by atoms with Gasteiger partial charge in [-0.2, -0.15) is 0 Å². The summed E-state index contributed by atoms with van der Waals surface area (Å²) in [6.45, 7) is 5.45. The molecule has 214 valence electrons. The molecule has 12 heteroatoms. The van der Waals surface area contributed by atoms with E-state index in [4.69, 9.17) is 42.6 Å². The minimum absolute atomic E-state index is 0.227. The third kappa shape index (κ3) is 5.12. The Morgan fingerprint density at radius 1 is 0.667 bits per heavy atom. The van der Waals surface area contributed by atoms with Crippen LogP contribution in [0.2, 0.25) is 10.0 Å². The molecular weight excluding hydrogens is 575 g/mol. The summed E-state index contributed by atoms with van der Waals surface area (Å²) < 4.78 is 11.1. The lowest BCUT2D eigenvalue weighted by molar-refractivity contribution is 0.395. The second-order valence-corrected chi connectivity index (χ2v) is 10.8. The van der Waals surface area contributed by atoms with Crippen molar-refractivity contribution in [3.63, 3.8) is 0 Å². The van der Waals surface area contributed by atoms with E-state index >= 15 is 0 Å². The minimum atomic E-state index is 0.227. The molecule has 0 radical (unpaired) electrons. The number of methoxy groups -OCH3 is 2. The van der Waals surface area contributed by atoms with E-state index in [0.717, 1.165) is 11.1 Å². The molecule has 0 saturated heterocycles. The number of aliphatic imine (C=N–C) groups is 2. The van der Waals surface area contributed by atoms with Crippen LogP contribution in [0, 0.1) is 0 Å². The highest BCUT2D eigenvalue weighted by Crippen LogP contribution is 2.42. The zero-order valence-corrected chi connectivity index (χ0v) is 25.0. The zero-order chi connectivity index (χ0) is 29.4. The van der Waals surface area contributed by atoms with Gasteiger partial charge in [0, 0.05) is 34.3 Å². The van der Waals surface area contributed by atoms with Crippen LogP contribution in [0.4, 0.5) is 0 Å². The maximum atomic E-state index is 7.01. The molecular formula is C30H28Cl2N8O2. The highest BCUT2D eigenvalue weighted by molar-refractivity contribution is 6.39. The Hall–Kier alpha value is -4.28. The van der Waals surface area contributed by atoms with E-state index in [-0.39, 0.29) is 12.1 Å². The van der Waals surface area contributed by atoms with Gasteiger partial charge in [-0.3, -0.25) is 9.98 Å². The number of benzene rings is 2. The molecule has 42 heavy (non-hydrogen) atoms. The molecule has 0 bridgehead atoms. The molecule has 2 aliphatic rings. The highest BCUT2D eigenvalue weighted by atomic mass is 35.5. The van der Waals surface area contributed by atoms with Crippen LogP contribution < -0.4 is 20.1 Å². The van der Waals surface area contributed by atoms with Gasteiger partial charge >= 0.3 is 0 Å². The smallest absolute Gasteiger partial charge is 0.244 e. The number of hydrogen-bond donors (Lipinski definition) is 2. The molecule has 2 aromatic heterocycles. The van der Waals surface area contributed by atoms with E-state index in [1.54, 1.807) is 26.6 Å². The normalized spacial score (nSPS) is 17.8. The predicted molar refractivity (Wildman–Crippen MR) is 165 cm³/mol. The third-order valence-electron chi connectivity index (χ3n) is 6.97. The highest BCUT2D eigenvalue weighted by Gasteiger charge is 2.24. The molecule has 4 aromatic rings. The van der Waals surface area contributed by atoms with Crippen molar-refractivity contribution in [3.8, 4) is 45.4 Å². The molecule has 0 aliphatic carbocycles. The van der Waals surface area contributed by atoms with Crippen LogP contribution in [-0.2, 0) is 0 Å². The second-order valence-electron chi connectivity index (χ2n) is 10.0. The summed E-state index contributed by atoms with van der Waals surface area (Å²) >= 11 is 14.0. The van der Waals surface area contributed by atoms with Crippen LogP contribution in [0.1, 0.15) is 25.2 Å². The quantitative estimate of drug-likeness (QED) is 0.301. The molecule has 0 saturated carbocycles. The SMILES string of the molecule is COc1nc(-c2cccc(-c3cccc(-c4cnc(C5=NC[C@@H](C)N5)c(OC)n4)c3Cl)c2Cl)cnc1C1=NC[C@@H](C)N1. The van der Waals surface area contributed by atoms with E-state index in [1.165, 1.54) is 0 Å². The average molecular weight is 604 g/mol. The van der Waals surface area contributed by atoms with E-state index in [2.05, 4.69) is 44.4 Å². The minimum Gasteiger partial charge on any atom is -0.479 e. The summed E-state index contributed by atoms with van der Waals surface area (Å²) in [5.74, 6) is 2.05. The van der Waals surface area contributed by atoms with E-state index in [0.29, 0.717) is 80.5 Å². The number of nitrogens with one attached hydrogen (secondary N) is 2. The summed E-state index contributed by atoms with van der Waals surface area (Å²) in [6.07, 6.45) is 3.34. The summed E-state index contributed by atoms with van der Waals surface area (Å²) in [5, 5.41) is 7.55. The Labute approximate surface area is 253 Å².